The van der Waals surface area contributed by atoms with E-state index in [2.05, 4.69) is 15.8 Å². The number of alkyl halides is 3. The van der Waals surface area contributed by atoms with Gasteiger partial charge in [0.05, 0.1) is 11.3 Å². The molecule has 2 amide bonds. The van der Waals surface area contributed by atoms with Crippen LogP contribution in [-0.2, 0) is 6.18 Å². The highest BCUT2D eigenvalue weighted by Crippen LogP contribution is 2.32. The average Bonchev–Trinajstić information content (AvgIpc) is 2.53. The van der Waals surface area contributed by atoms with Crippen LogP contribution in [0.5, 0.6) is 0 Å². The summed E-state index contributed by atoms with van der Waals surface area (Å²) in [5, 5.41) is 6.58. The molecule has 23 heavy (non-hydrogen) atoms. The van der Waals surface area contributed by atoms with Gasteiger partial charge in [0.15, 0.2) is 0 Å². The van der Waals surface area contributed by atoms with E-state index < -0.39 is 17.8 Å². The van der Waals surface area contributed by atoms with Gasteiger partial charge in [-0.25, -0.2) is 10.2 Å². The zero-order chi connectivity index (χ0) is 16.9. The molecule has 0 spiro atoms. The number of amides is 2. The summed E-state index contributed by atoms with van der Waals surface area (Å²) < 4.78 is 38.9. The minimum atomic E-state index is -4.46. The molecule has 1 aliphatic rings. The largest absolute Gasteiger partial charge is 0.417 e. The number of benzene rings is 1. The highest BCUT2D eigenvalue weighted by atomic mass is 19.4. The number of hydrogen-bond acceptors (Lipinski definition) is 2. The van der Waals surface area contributed by atoms with Gasteiger partial charge in [-0.3, -0.25) is 0 Å². The highest BCUT2D eigenvalue weighted by molar-refractivity contribution is 6.00. The molecule has 1 aromatic carbocycles. The normalized spacial score (nSPS) is 17.0. The first-order chi connectivity index (χ1) is 10.9. The summed E-state index contributed by atoms with van der Waals surface area (Å²) >= 11 is 0. The van der Waals surface area contributed by atoms with Crippen molar-refractivity contribution in [3.63, 3.8) is 0 Å². The van der Waals surface area contributed by atoms with Crippen molar-refractivity contribution < 1.29 is 18.0 Å². The maximum atomic E-state index is 13.0. The van der Waals surface area contributed by atoms with Gasteiger partial charge in [0, 0.05) is 11.6 Å². The fraction of sp³-hybridized carbons (Fsp3) is 0.500. The number of hydrogen-bond donors (Lipinski definition) is 2. The maximum absolute atomic E-state index is 13.0. The van der Waals surface area contributed by atoms with Crippen LogP contribution < -0.4 is 10.7 Å². The summed E-state index contributed by atoms with van der Waals surface area (Å²) in [6.45, 7) is 1.44. The van der Waals surface area contributed by atoms with E-state index in [-0.39, 0.29) is 17.3 Å². The highest BCUT2D eigenvalue weighted by Gasteiger charge is 2.33. The lowest BCUT2D eigenvalue weighted by atomic mass is 9.96. The summed E-state index contributed by atoms with van der Waals surface area (Å²) in [4.78, 5) is 11.8. The molecule has 0 unspecified atom stereocenters. The van der Waals surface area contributed by atoms with Crippen molar-refractivity contribution in [2.45, 2.75) is 51.2 Å². The SMILES string of the molecule is CC(=NNC(=O)NC1CCCCC1)c1ccccc1C(F)(F)F. The predicted molar refractivity (Wildman–Crippen MR) is 82.2 cm³/mol. The standard InChI is InChI=1S/C16H20F3N3O/c1-11(13-9-5-6-10-14(13)16(17,18)19)21-22-15(23)20-12-7-3-2-4-8-12/h5-6,9-10,12H,2-4,7-8H2,1H3,(H2,20,22,23). The van der Waals surface area contributed by atoms with Gasteiger partial charge in [0.25, 0.3) is 0 Å². The molecule has 0 heterocycles. The summed E-state index contributed by atoms with van der Waals surface area (Å²) in [6.07, 6.45) is 0.710. The Labute approximate surface area is 133 Å². The lowest BCUT2D eigenvalue weighted by Crippen LogP contribution is -2.41. The van der Waals surface area contributed by atoms with E-state index in [1.165, 1.54) is 31.5 Å². The summed E-state index contributed by atoms with van der Waals surface area (Å²) in [5.41, 5.74) is 1.57. The fourth-order valence-electron chi connectivity index (χ4n) is 2.71. The van der Waals surface area contributed by atoms with Crippen LogP contribution in [0.4, 0.5) is 18.0 Å². The molecule has 0 radical (unpaired) electrons. The Morgan fingerprint density at radius 3 is 2.48 bits per heavy atom. The predicted octanol–water partition coefficient (Wildman–Crippen LogP) is 4.06. The van der Waals surface area contributed by atoms with Crippen LogP contribution in [0.25, 0.3) is 0 Å². The third-order valence-corrected chi connectivity index (χ3v) is 3.89. The van der Waals surface area contributed by atoms with Gasteiger partial charge in [-0.15, -0.1) is 0 Å². The lowest BCUT2D eigenvalue weighted by Gasteiger charge is -2.22. The molecule has 0 aromatic heterocycles. The number of urea groups is 1. The van der Waals surface area contributed by atoms with E-state index in [1.54, 1.807) is 0 Å². The molecule has 0 saturated heterocycles. The molecular weight excluding hydrogens is 307 g/mol. The summed E-state index contributed by atoms with van der Waals surface area (Å²) in [5.74, 6) is 0. The lowest BCUT2D eigenvalue weighted by molar-refractivity contribution is -0.137. The number of rotatable bonds is 3. The van der Waals surface area contributed by atoms with E-state index in [0.717, 1.165) is 31.7 Å². The van der Waals surface area contributed by atoms with Crippen molar-refractivity contribution in [3.05, 3.63) is 35.4 Å². The Hall–Kier alpha value is -2.05. The van der Waals surface area contributed by atoms with Crippen LogP contribution in [0, 0.1) is 0 Å². The number of nitrogens with zero attached hydrogens (tertiary/aromatic N) is 1. The van der Waals surface area contributed by atoms with E-state index in [9.17, 15) is 18.0 Å². The molecular formula is C16H20F3N3O. The second kappa shape index (κ2) is 7.48. The molecule has 1 aromatic rings. The Balaban J connectivity index is 2.01. The molecule has 126 valence electrons. The van der Waals surface area contributed by atoms with E-state index >= 15 is 0 Å². The molecule has 4 nitrogen and oxygen atoms in total. The van der Waals surface area contributed by atoms with Gasteiger partial charge >= 0.3 is 12.2 Å². The molecule has 1 saturated carbocycles. The van der Waals surface area contributed by atoms with Gasteiger partial charge in [-0.05, 0) is 25.8 Å². The topological polar surface area (TPSA) is 53.5 Å². The van der Waals surface area contributed by atoms with Crippen molar-refractivity contribution in [1.29, 1.82) is 0 Å². The molecule has 0 aliphatic heterocycles. The zero-order valence-corrected chi connectivity index (χ0v) is 12.9. The number of halogens is 3. The van der Waals surface area contributed by atoms with Crippen molar-refractivity contribution in [2.24, 2.45) is 5.10 Å². The second-order valence-electron chi connectivity index (χ2n) is 5.66. The number of carbonyl (C=O) groups is 1. The van der Waals surface area contributed by atoms with Gasteiger partial charge in [-0.1, -0.05) is 37.5 Å². The van der Waals surface area contributed by atoms with Crippen molar-refractivity contribution in [2.75, 3.05) is 0 Å². The Kier molecular flexibility index (Phi) is 5.63. The van der Waals surface area contributed by atoms with Crippen molar-refractivity contribution in [3.8, 4) is 0 Å². The number of carbonyl (C=O) groups excluding carboxylic acids is 1. The third-order valence-electron chi connectivity index (χ3n) is 3.89. The third kappa shape index (κ3) is 4.97. The van der Waals surface area contributed by atoms with Crippen LogP contribution in [0.15, 0.2) is 29.4 Å². The van der Waals surface area contributed by atoms with Gasteiger partial charge in [0.1, 0.15) is 0 Å². The van der Waals surface area contributed by atoms with Crippen molar-refractivity contribution >= 4 is 11.7 Å². The number of hydrazone groups is 1. The summed E-state index contributed by atoms with van der Waals surface area (Å²) in [7, 11) is 0. The molecule has 2 rings (SSSR count). The first kappa shape index (κ1) is 17.3. The van der Waals surface area contributed by atoms with Crippen LogP contribution in [0.1, 0.15) is 50.2 Å². The van der Waals surface area contributed by atoms with Gasteiger partial charge < -0.3 is 5.32 Å². The molecule has 7 heteroatoms. The molecule has 0 atom stereocenters. The minimum Gasteiger partial charge on any atom is -0.334 e. The van der Waals surface area contributed by atoms with E-state index in [0.29, 0.717) is 0 Å². The van der Waals surface area contributed by atoms with E-state index in [4.69, 9.17) is 0 Å². The first-order valence-corrected chi connectivity index (χ1v) is 7.65. The Morgan fingerprint density at radius 1 is 1.17 bits per heavy atom. The molecule has 0 bridgehead atoms. The molecule has 1 fully saturated rings. The van der Waals surface area contributed by atoms with Gasteiger partial charge in [-0.2, -0.15) is 18.3 Å². The number of nitrogens with one attached hydrogen (secondary N) is 2. The molecule has 1 aliphatic carbocycles. The first-order valence-electron chi connectivity index (χ1n) is 7.65. The smallest absolute Gasteiger partial charge is 0.334 e. The summed E-state index contributed by atoms with van der Waals surface area (Å²) in [6, 6.07) is 4.79. The molecule has 2 N–H and O–H groups in total. The van der Waals surface area contributed by atoms with Crippen LogP contribution >= 0.6 is 0 Å². The van der Waals surface area contributed by atoms with E-state index in [1.807, 2.05) is 0 Å². The average molecular weight is 327 g/mol. The van der Waals surface area contributed by atoms with Crippen LogP contribution in [0.3, 0.4) is 0 Å². The van der Waals surface area contributed by atoms with Crippen LogP contribution in [0.2, 0.25) is 0 Å². The monoisotopic (exact) mass is 327 g/mol. The second-order valence-corrected chi connectivity index (χ2v) is 5.66. The Bertz CT molecular complexity index is 578. The van der Waals surface area contributed by atoms with Crippen molar-refractivity contribution in [1.82, 2.24) is 10.7 Å². The Morgan fingerprint density at radius 2 is 1.83 bits per heavy atom. The van der Waals surface area contributed by atoms with Crippen LogP contribution in [-0.4, -0.2) is 17.8 Å². The maximum Gasteiger partial charge on any atom is 0.417 e. The zero-order valence-electron chi connectivity index (χ0n) is 12.9. The fourth-order valence-corrected chi connectivity index (χ4v) is 2.71. The van der Waals surface area contributed by atoms with Gasteiger partial charge in [0.2, 0.25) is 0 Å². The minimum absolute atomic E-state index is 0.0435. The quantitative estimate of drug-likeness (QED) is 0.638.